The van der Waals surface area contributed by atoms with E-state index in [1.807, 2.05) is 40.0 Å². The van der Waals surface area contributed by atoms with Crippen LogP contribution in [0.25, 0.3) is 0 Å². The maximum Gasteiger partial charge on any atom is 0.209 e. The van der Waals surface area contributed by atoms with Gasteiger partial charge in [-0.3, -0.25) is 0 Å². The van der Waals surface area contributed by atoms with E-state index >= 15 is 0 Å². The van der Waals surface area contributed by atoms with E-state index in [-0.39, 0.29) is 6.10 Å². The van der Waals surface area contributed by atoms with E-state index in [1.54, 1.807) is 16.4 Å². The number of ether oxygens (including phenoxy) is 2. The summed E-state index contributed by atoms with van der Waals surface area (Å²) in [6, 6.07) is 3.79. The van der Waals surface area contributed by atoms with Crippen LogP contribution in [0.3, 0.4) is 0 Å². The van der Waals surface area contributed by atoms with Gasteiger partial charge in [-0.15, -0.1) is 5.10 Å². The normalized spacial score (nSPS) is 11.2. The van der Waals surface area contributed by atoms with Gasteiger partial charge in [-0.1, -0.05) is 23.4 Å². The summed E-state index contributed by atoms with van der Waals surface area (Å²) in [4.78, 5) is 0. The first-order valence-corrected chi connectivity index (χ1v) is 10.0. The Balaban J connectivity index is 1.82. The molecule has 2 aromatic rings. The molecule has 1 heterocycles. The van der Waals surface area contributed by atoms with Gasteiger partial charge >= 0.3 is 0 Å². The van der Waals surface area contributed by atoms with Crippen molar-refractivity contribution in [3.05, 3.63) is 22.7 Å². The van der Waals surface area contributed by atoms with Crippen LogP contribution in [-0.2, 0) is 13.6 Å². The van der Waals surface area contributed by atoms with Crippen molar-refractivity contribution < 1.29 is 9.47 Å². The largest absolute Gasteiger partial charge is 0.490 e. The Bertz CT molecular complexity index is 696. The minimum atomic E-state index is 0.0656. The first-order chi connectivity index (χ1) is 12.5. The third-order valence-corrected chi connectivity index (χ3v) is 4.85. The average molecular weight is 400 g/mol. The Morgan fingerprint density at radius 2 is 2.12 bits per heavy atom. The Kier molecular flexibility index (Phi) is 8.47. The van der Waals surface area contributed by atoms with Crippen LogP contribution >= 0.6 is 23.4 Å². The standard InChI is InChI=1S/C17H26ClN5O2S/c1-5-24-15-9-13(14(18)10-16(15)25-12(2)3)11-19-7-6-8-26-17-20-21-22-23(17)4/h9-10,12,19H,5-8,11H2,1-4H3. The van der Waals surface area contributed by atoms with Crippen molar-refractivity contribution in [1.82, 2.24) is 25.5 Å². The zero-order chi connectivity index (χ0) is 18.9. The third-order valence-electron chi connectivity index (χ3n) is 3.40. The molecule has 0 aliphatic heterocycles. The van der Waals surface area contributed by atoms with Gasteiger partial charge in [0.2, 0.25) is 5.16 Å². The highest BCUT2D eigenvalue weighted by Crippen LogP contribution is 2.34. The van der Waals surface area contributed by atoms with Crippen LogP contribution in [0.4, 0.5) is 0 Å². The molecule has 7 nitrogen and oxygen atoms in total. The molecule has 0 fully saturated rings. The number of nitrogens with one attached hydrogen (secondary N) is 1. The quantitative estimate of drug-likeness (QED) is 0.459. The van der Waals surface area contributed by atoms with Crippen LogP contribution < -0.4 is 14.8 Å². The molecule has 1 N–H and O–H groups in total. The van der Waals surface area contributed by atoms with Crippen molar-refractivity contribution in [3.63, 3.8) is 0 Å². The molecule has 2 rings (SSSR count). The summed E-state index contributed by atoms with van der Waals surface area (Å²) in [5, 5.41) is 16.3. The Morgan fingerprint density at radius 1 is 1.31 bits per heavy atom. The lowest BCUT2D eigenvalue weighted by Gasteiger charge is -2.17. The van der Waals surface area contributed by atoms with E-state index in [0.29, 0.717) is 23.9 Å². The number of nitrogens with zero attached hydrogens (tertiary/aromatic N) is 4. The van der Waals surface area contributed by atoms with Gasteiger partial charge in [0.25, 0.3) is 0 Å². The molecule has 0 saturated carbocycles. The van der Waals surface area contributed by atoms with E-state index in [9.17, 15) is 0 Å². The van der Waals surface area contributed by atoms with Crippen molar-refractivity contribution in [3.8, 4) is 11.5 Å². The number of thioether (sulfide) groups is 1. The number of hydrogen-bond donors (Lipinski definition) is 1. The van der Waals surface area contributed by atoms with Crippen LogP contribution in [0, 0.1) is 0 Å². The van der Waals surface area contributed by atoms with E-state index in [1.165, 1.54) is 0 Å². The van der Waals surface area contributed by atoms with Gasteiger partial charge in [0.05, 0.1) is 12.7 Å². The summed E-state index contributed by atoms with van der Waals surface area (Å²) in [6.45, 7) is 8.05. The van der Waals surface area contributed by atoms with E-state index in [0.717, 1.165) is 35.2 Å². The van der Waals surface area contributed by atoms with Crippen molar-refractivity contribution in [1.29, 1.82) is 0 Å². The van der Waals surface area contributed by atoms with E-state index in [2.05, 4.69) is 20.8 Å². The molecule has 1 aromatic heterocycles. The Labute approximate surface area is 163 Å². The maximum absolute atomic E-state index is 6.41. The molecule has 0 spiro atoms. The molecule has 0 aliphatic carbocycles. The summed E-state index contributed by atoms with van der Waals surface area (Å²) in [5.74, 6) is 2.36. The second-order valence-corrected chi connectivity index (χ2v) is 7.42. The summed E-state index contributed by atoms with van der Waals surface area (Å²) in [7, 11) is 1.84. The summed E-state index contributed by atoms with van der Waals surface area (Å²) in [5.41, 5.74) is 0.997. The number of tetrazole rings is 1. The second kappa shape index (κ2) is 10.6. The Morgan fingerprint density at radius 3 is 2.77 bits per heavy atom. The summed E-state index contributed by atoms with van der Waals surface area (Å²) < 4.78 is 13.2. The van der Waals surface area contributed by atoms with Gasteiger partial charge in [-0.25, -0.2) is 4.68 Å². The third kappa shape index (κ3) is 6.34. The highest BCUT2D eigenvalue weighted by molar-refractivity contribution is 7.99. The van der Waals surface area contributed by atoms with Crippen molar-refractivity contribution in [2.75, 3.05) is 18.9 Å². The molecular formula is C17H26ClN5O2S. The number of benzene rings is 1. The highest BCUT2D eigenvalue weighted by atomic mass is 35.5. The topological polar surface area (TPSA) is 74.1 Å². The van der Waals surface area contributed by atoms with Crippen LogP contribution in [-0.4, -0.2) is 45.2 Å². The van der Waals surface area contributed by atoms with Crippen LogP contribution in [0.5, 0.6) is 11.5 Å². The zero-order valence-electron chi connectivity index (χ0n) is 15.7. The lowest BCUT2D eigenvalue weighted by atomic mass is 10.2. The van der Waals surface area contributed by atoms with Gasteiger partial charge in [0.1, 0.15) is 0 Å². The Hall–Kier alpha value is -1.51. The zero-order valence-corrected chi connectivity index (χ0v) is 17.2. The first kappa shape index (κ1) is 20.8. The molecule has 0 atom stereocenters. The molecule has 144 valence electrons. The second-order valence-electron chi connectivity index (χ2n) is 5.95. The highest BCUT2D eigenvalue weighted by Gasteiger charge is 2.12. The predicted octanol–water partition coefficient (Wildman–Crippen LogP) is 3.32. The molecule has 0 bridgehead atoms. The molecule has 1 aromatic carbocycles. The smallest absolute Gasteiger partial charge is 0.209 e. The van der Waals surface area contributed by atoms with Gasteiger partial charge in [-0.05, 0) is 55.8 Å². The van der Waals surface area contributed by atoms with E-state index in [4.69, 9.17) is 21.1 Å². The minimum Gasteiger partial charge on any atom is -0.490 e. The van der Waals surface area contributed by atoms with E-state index < -0.39 is 0 Å². The molecule has 0 saturated heterocycles. The molecule has 0 unspecified atom stereocenters. The van der Waals surface area contributed by atoms with Gasteiger partial charge in [0.15, 0.2) is 11.5 Å². The summed E-state index contributed by atoms with van der Waals surface area (Å²) >= 11 is 8.05. The molecule has 0 radical (unpaired) electrons. The van der Waals surface area contributed by atoms with Gasteiger partial charge < -0.3 is 14.8 Å². The lowest BCUT2D eigenvalue weighted by molar-refractivity contribution is 0.223. The average Bonchev–Trinajstić information content (AvgIpc) is 2.99. The van der Waals surface area contributed by atoms with Gasteiger partial charge in [0, 0.05) is 30.4 Å². The van der Waals surface area contributed by atoms with Crippen molar-refractivity contribution in [2.24, 2.45) is 7.05 Å². The van der Waals surface area contributed by atoms with Gasteiger partial charge in [-0.2, -0.15) is 0 Å². The number of rotatable bonds is 11. The number of aromatic nitrogens is 4. The van der Waals surface area contributed by atoms with Crippen LogP contribution in [0.1, 0.15) is 32.8 Å². The minimum absolute atomic E-state index is 0.0656. The molecular weight excluding hydrogens is 374 g/mol. The fourth-order valence-electron chi connectivity index (χ4n) is 2.25. The monoisotopic (exact) mass is 399 g/mol. The first-order valence-electron chi connectivity index (χ1n) is 8.69. The molecule has 0 aliphatic rings. The number of hydrogen-bond acceptors (Lipinski definition) is 7. The SMILES string of the molecule is CCOc1cc(CNCCCSc2nnnn2C)c(Cl)cc1OC(C)C. The fourth-order valence-corrected chi connectivity index (χ4v) is 3.26. The summed E-state index contributed by atoms with van der Waals surface area (Å²) in [6.07, 6.45) is 1.07. The number of aryl methyl sites for hydroxylation is 1. The number of halogens is 1. The molecule has 9 heteroatoms. The van der Waals surface area contributed by atoms with Crippen molar-refractivity contribution >= 4 is 23.4 Å². The lowest BCUT2D eigenvalue weighted by Crippen LogP contribution is -2.16. The molecule has 0 amide bonds. The predicted molar refractivity (Wildman–Crippen MR) is 104 cm³/mol. The fraction of sp³-hybridized carbons (Fsp3) is 0.588. The molecule has 26 heavy (non-hydrogen) atoms. The maximum atomic E-state index is 6.41. The van der Waals surface area contributed by atoms with Crippen LogP contribution in [0.2, 0.25) is 5.02 Å². The van der Waals surface area contributed by atoms with Crippen LogP contribution in [0.15, 0.2) is 17.3 Å². The van der Waals surface area contributed by atoms with Crippen molar-refractivity contribution in [2.45, 2.75) is 45.0 Å².